The molecule has 1 aliphatic rings. The monoisotopic (exact) mass is 471 g/mol. The first-order valence-electron chi connectivity index (χ1n) is 10.1. The number of benzene rings is 1. The van der Waals surface area contributed by atoms with E-state index in [1.807, 2.05) is 11.0 Å². The number of thiazole rings is 1. The zero-order valence-electron chi connectivity index (χ0n) is 17.2. The largest absolute Gasteiger partial charge is 0.486 e. The highest BCUT2D eigenvalue weighted by molar-refractivity contribution is 7.09. The van der Waals surface area contributed by atoms with Crippen LogP contribution in [0.15, 0.2) is 48.0 Å². The van der Waals surface area contributed by atoms with Crippen LogP contribution in [0.1, 0.15) is 28.3 Å². The SMILES string of the molecule is NC(=O)C1CCCN(c2ccc(NC(=O)c3csc(COc4ccc(Cl)cc4)n3)cn2)C1. The first-order valence-corrected chi connectivity index (χ1v) is 11.4. The fourth-order valence-electron chi connectivity index (χ4n) is 3.42. The molecule has 1 atom stereocenters. The molecule has 1 aliphatic heterocycles. The molecule has 1 fully saturated rings. The van der Waals surface area contributed by atoms with Crippen LogP contribution < -0.4 is 20.7 Å². The molecule has 4 rings (SSSR count). The zero-order chi connectivity index (χ0) is 22.5. The first kappa shape index (κ1) is 22.0. The Balaban J connectivity index is 1.32. The van der Waals surface area contributed by atoms with Crippen molar-refractivity contribution in [1.82, 2.24) is 9.97 Å². The van der Waals surface area contributed by atoms with E-state index in [0.717, 1.165) is 25.2 Å². The number of nitrogens with two attached hydrogens (primary N) is 1. The van der Waals surface area contributed by atoms with Crippen LogP contribution in [-0.2, 0) is 11.4 Å². The van der Waals surface area contributed by atoms with Crippen molar-refractivity contribution in [2.75, 3.05) is 23.3 Å². The van der Waals surface area contributed by atoms with E-state index in [0.29, 0.717) is 33.7 Å². The van der Waals surface area contributed by atoms with Gasteiger partial charge in [-0.25, -0.2) is 9.97 Å². The van der Waals surface area contributed by atoms with Crippen molar-refractivity contribution in [3.63, 3.8) is 0 Å². The quantitative estimate of drug-likeness (QED) is 0.543. The lowest BCUT2D eigenvalue weighted by atomic mass is 9.97. The number of primary amides is 1. The van der Waals surface area contributed by atoms with Crippen LogP contribution in [0, 0.1) is 5.92 Å². The van der Waals surface area contributed by atoms with Crippen LogP contribution in [0.3, 0.4) is 0 Å². The summed E-state index contributed by atoms with van der Waals surface area (Å²) in [7, 11) is 0. The maximum atomic E-state index is 12.5. The van der Waals surface area contributed by atoms with Crippen LogP contribution in [0.5, 0.6) is 5.75 Å². The van der Waals surface area contributed by atoms with Gasteiger partial charge in [0.05, 0.1) is 17.8 Å². The highest BCUT2D eigenvalue weighted by Gasteiger charge is 2.24. The van der Waals surface area contributed by atoms with Gasteiger partial charge in [-0.1, -0.05) is 11.6 Å². The van der Waals surface area contributed by atoms with Gasteiger partial charge in [-0.2, -0.15) is 0 Å². The third-order valence-corrected chi connectivity index (χ3v) is 6.19. The maximum absolute atomic E-state index is 12.5. The van der Waals surface area contributed by atoms with E-state index in [9.17, 15) is 9.59 Å². The third-order valence-electron chi connectivity index (χ3n) is 5.11. The topological polar surface area (TPSA) is 110 Å². The number of anilines is 2. The Morgan fingerprint density at radius 3 is 2.78 bits per heavy atom. The number of hydrogen-bond acceptors (Lipinski definition) is 7. The number of hydrogen-bond donors (Lipinski definition) is 2. The molecule has 166 valence electrons. The molecule has 2 amide bonds. The highest BCUT2D eigenvalue weighted by atomic mass is 35.5. The van der Waals surface area contributed by atoms with E-state index in [2.05, 4.69) is 15.3 Å². The molecule has 0 aliphatic carbocycles. The average Bonchev–Trinajstić information content (AvgIpc) is 3.29. The lowest BCUT2D eigenvalue weighted by Gasteiger charge is -2.32. The molecule has 0 bridgehead atoms. The number of carbonyl (C=O) groups is 2. The van der Waals surface area contributed by atoms with Gasteiger partial charge in [0.25, 0.3) is 5.91 Å². The number of aromatic nitrogens is 2. The maximum Gasteiger partial charge on any atom is 0.275 e. The Morgan fingerprint density at radius 1 is 1.25 bits per heavy atom. The normalized spacial score (nSPS) is 15.9. The summed E-state index contributed by atoms with van der Waals surface area (Å²) in [6.07, 6.45) is 3.29. The number of rotatable bonds is 7. The van der Waals surface area contributed by atoms with Crippen molar-refractivity contribution in [3.05, 3.63) is 63.7 Å². The summed E-state index contributed by atoms with van der Waals surface area (Å²) in [5.41, 5.74) is 6.32. The number of carbonyl (C=O) groups excluding carboxylic acids is 2. The van der Waals surface area contributed by atoms with Gasteiger partial charge in [0, 0.05) is 23.5 Å². The summed E-state index contributed by atoms with van der Waals surface area (Å²) >= 11 is 7.22. The predicted octanol–water partition coefficient (Wildman–Crippen LogP) is 3.72. The van der Waals surface area contributed by atoms with Crippen LogP contribution in [-0.4, -0.2) is 34.9 Å². The summed E-state index contributed by atoms with van der Waals surface area (Å²) in [5.74, 6) is 0.675. The Hall–Kier alpha value is -3.17. The first-order chi connectivity index (χ1) is 15.5. The Kier molecular flexibility index (Phi) is 6.87. The zero-order valence-corrected chi connectivity index (χ0v) is 18.7. The summed E-state index contributed by atoms with van der Waals surface area (Å²) in [6, 6.07) is 10.7. The van der Waals surface area contributed by atoms with Crippen molar-refractivity contribution in [3.8, 4) is 5.75 Å². The fourth-order valence-corrected chi connectivity index (χ4v) is 4.23. The molecule has 2 aromatic heterocycles. The standard InChI is InChI=1S/C22H22ClN5O3S/c23-15-3-6-17(7-4-15)31-12-20-27-18(13-32-20)22(30)26-16-5-8-19(25-10-16)28-9-1-2-14(11-28)21(24)29/h3-8,10,13-14H,1-2,9,11-12H2,(H2,24,29)(H,26,30). The van der Waals surface area contributed by atoms with Gasteiger partial charge in [-0.15, -0.1) is 11.3 Å². The second-order valence-corrected chi connectivity index (χ2v) is 8.79. The second-order valence-electron chi connectivity index (χ2n) is 7.42. The molecule has 8 nitrogen and oxygen atoms in total. The molecular weight excluding hydrogens is 450 g/mol. The minimum Gasteiger partial charge on any atom is -0.486 e. The van der Waals surface area contributed by atoms with E-state index in [1.165, 1.54) is 11.3 Å². The van der Waals surface area contributed by atoms with Crippen LogP contribution in [0.4, 0.5) is 11.5 Å². The van der Waals surface area contributed by atoms with Crippen LogP contribution in [0.2, 0.25) is 5.02 Å². The minimum atomic E-state index is -0.319. The Labute approximate surface area is 194 Å². The lowest BCUT2D eigenvalue weighted by Crippen LogP contribution is -2.41. The number of nitrogens with zero attached hydrogens (tertiary/aromatic N) is 3. The summed E-state index contributed by atoms with van der Waals surface area (Å²) < 4.78 is 5.67. The number of halogens is 1. The molecule has 3 heterocycles. The second kappa shape index (κ2) is 9.97. The molecule has 0 spiro atoms. The summed E-state index contributed by atoms with van der Waals surface area (Å²) in [5, 5.41) is 5.82. The van der Waals surface area contributed by atoms with Crippen molar-refractivity contribution < 1.29 is 14.3 Å². The summed E-state index contributed by atoms with van der Waals surface area (Å²) in [4.78, 5) is 34.8. The van der Waals surface area contributed by atoms with Gasteiger partial charge >= 0.3 is 0 Å². The predicted molar refractivity (Wildman–Crippen MR) is 124 cm³/mol. The number of piperidine rings is 1. The molecule has 1 saturated heterocycles. The molecule has 10 heteroatoms. The molecule has 3 aromatic rings. The van der Waals surface area contributed by atoms with Crippen LogP contribution in [0.25, 0.3) is 0 Å². The van der Waals surface area contributed by atoms with Gasteiger partial charge < -0.3 is 20.7 Å². The average molecular weight is 472 g/mol. The lowest BCUT2D eigenvalue weighted by molar-refractivity contribution is -0.122. The Morgan fingerprint density at radius 2 is 2.06 bits per heavy atom. The number of amides is 2. The molecule has 0 saturated carbocycles. The molecule has 1 aromatic carbocycles. The van der Waals surface area contributed by atoms with Crippen molar-refractivity contribution in [2.45, 2.75) is 19.4 Å². The molecular formula is C22H22ClN5O3S. The Bertz CT molecular complexity index is 1090. The number of ether oxygens (including phenoxy) is 1. The summed E-state index contributed by atoms with van der Waals surface area (Å²) in [6.45, 7) is 1.65. The van der Waals surface area contributed by atoms with Crippen molar-refractivity contribution in [1.29, 1.82) is 0 Å². The molecule has 0 radical (unpaired) electrons. The molecule has 32 heavy (non-hydrogen) atoms. The molecule has 1 unspecified atom stereocenters. The van der Waals surface area contributed by atoms with E-state index in [1.54, 1.807) is 41.9 Å². The molecule has 3 N–H and O–H groups in total. The smallest absolute Gasteiger partial charge is 0.275 e. The van der Waals surface area contributed by atoms with E-state index < -0.39 is 0 Å². The van der Waals surface area contributed by atoms with Gasteiger partial charge in [0.2, 0.25) is 5.91 Å². The van der Waals surface area contributed by atoms with E-state index in [4.69, 9.17) is 22.1 Å². The number of nitrogens with one attached hydrogen (secondary N) is 1. The number of pyridine rings is 1. The van der Waals surface area contributed by atoms with Gasteiger partial charge in [0.15, 0.2) is 0 Å². The van der Waals surface area contributed by atoms with Crippen molar-refractivity contribution in [2.24, 2.45) is 11.7 Å². The fraction of sp³-hybridized carbons (Fsp3) is 0.273. The van der Waals surface area contributed by atoms with Crippen molar-refractivity contribution >= 4 is 46.3 Å². The van der Waals surface area contributed by atoms with E-state index in [-0.39, 0.29) is 24.3 Å². The van der Waals surface area contributed by atoms with E-state index >= 15 is 0 Å². The van der Waals surface area contributed by atoms with Crippen LogP contribution >= 0.6 is 22.9 Å². The van der Waals surface area contributed by atoms with Gasteiger partial charge in [-0.3, -0.25) is 9.59 Å². The van der Waals surface area contributed by atoms with Gasteiger partial charge in [-0.05, 0) is 49.2 Å². The highest BCUT2D eigenvalue weighted by Crippen LogP contribution is 2.23. The minimum absolute atomic E-state index is 0.160. The van der Waals surface area contributed by atoms with Gasteiger partial charge in [0.1, 0.15) is 28.9 Å². The third kappa shape index (κ3) is 5.54.